The zero-order valence-electron chi connectivity index (χ0n) is 11.9. The highest BCUT2D eigenvalue weighted by Gasteiger charge is 2.32. The maximum Gasteiger partial charge on any atom is 0.0526 e. The van der Waals surface area contributed by atoms with Crippen molar-refractivity contribution in [1.82, 2.24) is 0 Å². The maximum atomic E-state index is 5.90. The number of rotatable bonds is 7. The first-order valence-electron chi connectivity index (χ1n) is 7.38. The molecule has 1 aliphatic rings. The van der Waals surface area contributed by atoms with Gasteiger partial charge in [0.15, 0.2) is 0 Å². The van der Waals surface area contributed by atoms with Gasteiger partial charge in [0, 0.05) is 6.61 Å². The van der Waals surface area contributed by atoms with E-state index < -0.39 is 0 Å². The molecular formula is C17H26O. The Morgan fingerprint density at radius 3 is 2.33 bits per heavy atom. The molecule has 0 spiro atoms. The summed E-state index contributed by atoms with van der Waals surface area (Å²) >= 11 is 0. The second-order valence-corrected chi connectivity index (χ2v) is 6.05. The Kier molecular flexibility index (Phi) is 4.82. The first-order valence-corrected chi connectivity index (χ1v) is 7.38. The fourth-order valence-electron chi connectivity index (χ4n) is 2.94. The fraction of sp³-hybridized carbons (Fsp3) is 0.647. The molecule has 0 bridgehead atoms. The summed E-state index contributed by atoms with van der Waals surface area (Å²) in [7, 11) is 0. The lowest BCUT2D eigenvalue weighted by atomic mass is 9.88. The molecule has 1 aliphatic carbocycles. The van der Waals surface area contributed by atoms with Crippen LogP contribution in [-0.4, -0.2) is 13.2 Å². The van der Waals surface area contributed by atoms with Gasteiger partial charge in [-0.3, -0.25) is 0 Å². The number of fused-ring (bicyclic) bond motifs is 1. The van der Waals surface area contributed by atoms with E-state index >= 15 is 0 Å². The molecule has 0 aromatic heterocycles. The smallest absolute Gasteiger partial charge is 0.0526 e. The zero-order valence-corrected chi connectivity index (χ0v) is 11.9. The minimum atomic E-state index is 0.328. The molecule has 0 unspecified atom stereocenters. The predicted octanol–water partition coefficient (Wildman–Crippen LogP) is 4.39. The van der Waals surface area contributed by atoms with Crippen LogP contribution < -0.4 is 0 Å². The summed E-state index contributed by atoms with van der Waals surface area (Å²) in [6.45, 7) is 6.45. The van der Waals surface area contributed by atoms with Crippen LogP contribution in [0.3, 0.4) is 0 Å². The van der Waals surface area contributed by atoms with Gasteiger partial charge < -0.3 is 4.74 Å². The van der Waals surface area contributed by atoms with Gasteiger partial charge in [-0.2, -0.15) is 0 Å². The van der Waals surface area contributed by atoms with Crippen LogP contribution in [0.15, 0.2) is 24.3 Å². The van der Waals surface area contributed by atoms with Crippen molar-refractivity contribution >= 4 is 0 Å². The minimum Gasteiger partial charge on any atom is -0.381 e. The Labute approximate surface area is 112 Å². The highest BCUT2D eigenvalue weighted by molar-refractivity contribution is 5.33. The van der Waals surface area contributed by atoms with Crippen LogP contribution in [0.1, 0.15) is 50.7 Å². The molecule has 0 aliphatic heterocycles. The van der Waals surface area contributed by atoms with Crippen molar-refractivity contribution in [1.29, 1.82) is 0 Å². The molecule has 0 amide bonds. The van der Waals surface area contributed by atoms with Crippen LogP contribution in [0.2, 0.25) is 0 Å². The molecule has 18 heavy (non-hydrogen) atoms. The molecule has 1 heteroatoms. The fourth-order valence-corrected chi connectivity index (χ4v) is 2.94. The van der Waals surface area contributed by atoms with Crippen molar-refractivity contribution in [2.45, 2.75) is 52.4 Å². The lowest BCUT2D eigenvalue weighted by Crippen LogP contribution is -2.24. The van der Waals surface area contributed by atoms with Gasteiger partial charge in [0.25, 0.3) is 0 Å². The van der Waals surface area contributed by atoms with Crippen LogP contribution in [0.25, 0.3) is 0 Å². The van der Waals surface area contributed by atoms with Gasteiger partial charge in [0.05, 0.1) is 6.61 Å². The molecule has 0 atom stereocenters. The van der Waals surface area contributed by atoms with E-state index in [9.17, 15) is 0 Å². The van der Waals surface area contributed by atoms with E-state index in [2.05, 4.69) is 38.1 Å². The van der Waals surface area contributed by atoms with E-state index in [0.717, 1.165) is 13.2 Å². The molecule has 0 fully saturated rings. The number of hydrogen-bond donors (Lipinski definition) is 0. The number of hydrogen-bond acceptors (Lipinski definition) is 1. The Balaban J connectivity index is 1.71. The summed E-state index contributed by atoms with van der Waals surface area (Å²) in [5, 5.41) is 0. The summed E-state index contributed by atoms with van der Waals surface area (Å²) in [5.41, 5.74) is 3.37. The number of benzene rings is 1. The van der Waals surface area contributed by atoms with Gasteiger partial charge in [0.1, 0.15) is 0 Å². The van der Waals surface area contributed by atoms with E-state index in [0.29, 0.717) is 5.41 Å². The van der Waals surface area contributed by atoms with E-state index in [4.69, 9.17) is 4.74 Å². The topological polar surface area (TPSA) is 9.23 Å². The molecule has 0 saturated carbocycles. The van der Waals surface area contributed by atoms with Crippen LogP contribution in [0.4, 0.5) is 0 Å². The van der Waals surface area contributed by atoms with Crippen LogP contribution in [0, 0.1) is 5.41 Å². The highest BCUT2D eigenvalue weighted by Crippen LogP contribution is 2.36. The van der Waals surface area contributed by atoms with Gasteiger partial charge in [-0.05, 0) is 35.8 Å². The third-order valence-corrected chi connectivity index (χ3v) is 3.95. The normalized spacial score (nSPS) is 16.8. The monoisotopic (exact) mass is 246 g/mol. The largest absolute Gasteiger partial charge is 0.381 e. The van der Waals surface area contributed by atoms with Crippen molar-refractivity contribution in [3.8, 4) is 0 Å². The molecular weight excluding hydrogens is 220 g/mol. The third-order valence-electron chi connectivity index (χ3n) is 3.95. The first-order chi connectivity index (χ1) is 8.73. The first kappa shape index (κ1) is 13.6. The average Bonchev–Trinajstić information content (AvgIpc) is 2.70. The lowest BCUT2D eigenvalue weighted by Gasteiger charge is -2.23. The third kappa shape index (κ3) is 3.58. The van der Waals surface area contributed by atoms with E-state index in [1.165, 1.54) is 49.7 Å². The van der Waals surface area contributed by atoms with Crippen molar-refractivity contribution in [2.75, 3.05) is 13.2 Å². The molecule has 0 heterocycles. The lowest BCUT2D eigenvalue weighted by molar-refractivity contribution is 0.0558. The Morgan fingerprint density at radius 1 is 1.06 bits per heavy atom. The SMILES string of the molecule is CCCCCCOCC1(C)Cc2ccccc2C1. The van der Waals surface area contributed by atoms with Crippen LogP contribution in [0.5, 0.6) is 0 Å². The molecule has 0 radical (unpaired) electrons. The van der Waals surface area contributed by atoms with Gasteiger partial charge in [0.2, 0.25) is 0 Å². The van der Waals surface area contributed by atoms with Crippen LogP contribution in [-0.2, 0) is 17.6 Å². The van der Waals surface area contributed by atoms with Gasteiger partial charge in [-0.15, -0.1) is 0 Å². The molecule has 1 aromatic rings. The van der Waals surface area contributed by atoms with Crippen molar-refractivity contribution in [2.24, 2.45) is 5.41 Å². The van der Waals surface area contributed by atoms with Crippen molar-refractivity contribution < 1.29 is 4.74 Å². The van der Waals surface area contributed by atoms with Crippen LogP contribution >= 0.6 is 0 Å². The quantitative estimate of drug-likeness (QED) is 0.648. The van der Waals surface area contributed by atoms with E-state index in [1.807, 2.05) is 0 Å². The number of unbranched alkanes of at least 4 members (excludes halogenated alkanes) is 3. The Hall–Kier alpha value is -0.820. The second-order valence-electron chi connectivity index (χ2n) is 6.05. The van der Waals surface area contributed by atoms with Gasteiger partial charge in [-0.25, -0.2) is 0 Å². The highest BCUT2D eigenvalue weighted by atomic mass is 16.5. The molecule has 100 valence electrons. The summed E-state index contributed by atoms with van der Waals surface area (Å²) in [4.78, 5) is 0. The summed E-state index contributed by atoms with van der Waals surface area (Å²) in [6.07, 6.45) is 7.53. The summed E-state index contributed by atoms with van der Waals surface area (Å²) < 4.78 is 5.90. The molecule has 0 N–H and O–H groups in total. The molecule has 0 saturated heterocycles. The molecule has 1 aromatic carbocycles. The Bertz CT molecular complexity index is 345. The van der Waals surface area contributed by atoms with E-state index in [-0.39, 0.29) is 0 Å². The summed E-state index contributed by atoms with van der Waals surface area (Å²) in [5.74, 6) is 0. The molecule has 1 nitrogen and oxygen atoms in total. The zero-order chi connectivity index (χ0) is 12.8. The number of ether oxygens (including phenoxy) is 1. The maximum absolute atomic E-state index is 5.90. The van der Waals surface area contributed by atoms with Gasteiger partial charge >= 0.3 is 0 Å². The second kappa shape index (κ2) is 6.38. The Morgan fingerprint density at radius 2 is 1.72 bits per heavy atom. The van der Waals surface area contributed by atoms with Crippen molar-refractivity contribution in [3.05, 3.63) is 35.4 Å². The van der Waals surface area contributed by atoms with Crippen molar-refractivity contribution in [3.63, 3.8) is 0 Å². The standard InChI is InChI=1S/C17H26O/c1-3-4-5-8-11-18-14-17(2)12-15-9-6-7-10-16(15)13-17/h6-7,9-10H,3-5,8,11-14H2,1-2H3. The predicted molar refractivity (Wildman–Crippen MR) is 76.9 cm³/mol. The summed E-state index contributed by atoms with van der Waals surface area (Å²) in [6, 6.07) is 8.83. The van der Waals surface area contributed by atoms with E-state index in [1.54, 1.807) is 0 Å². The minimum absolute atomic E-state index is 0.328. The van der Waals surface area contributed by atoms with Gasteiger partial charge in [-0.1, -0.05) is 57.4 Å². The molecule has 2 rings (SSSR count). The average molecular weight is 246 g/mol.